The van der Waals surface area contributed by atoms with Crippen LogP contribution in [0.1, 0.15) is 19.4 Å². The monoisotopic (exact) mass is 560 g/mol. The molecule has 4 heterocycles. The molecule has 0 spiro atoms. The molecule has 10 heteroatoms. The molecule has 0 aliphatic carbocycles. The Morgan fingerprint density at radius 1 is 0.929 bits per heavy atom. The van der Waals surface area contributed by atoms with E-state index in [2.05, 4.69) is 33.3 Å². The number of pyridine rings is 2. The van der Waals surface area contributed by atoms with Gasteiger partial charge in [-0.05, 0) is 68.4 Å². The predicted octanol–water partition coefficient (Wildman–Crippen LogP) is 4.52. The molecular formula is C32H32N8O2. The number of amides is 2. The van der Waals surface area contributed by atoms with Crippen molar-refractivity contribution in [3.05, 3.63) is 83.0 Å². The Morgan fingerprint density at radius 3 is 2.31 bits per heavy atom. The molecule has 1 N–H and O–H groups in total. The van der Waals surface area contributed by atoms with Crippen molar-refractivity contribution < 1.29 is 4.79 Å². The Labute approximate surface area is 243 Å². The van der Waals surface area contributed by atoms with Gasteiger partial charge in [0, 0.05) is 50.4 Å². The van der Waals surface area contributed by atoms with E-state index in [1.807, 2.05) is 62.4 Å². The number of imidazole rings is 1. The second-order valence-corrected chi connectivity index (χ2v) is 11.3. The van der Waals surface area contributed by atoms with E-state index in [1.165, 1.54) is 0 Å². The molecule has 1 aliphatic rings. The number of hydrogen-bond donors (Lipinski definition) is 1. The van der Waals surface area contributed by atoms with E-state index in [4.69, 9.17) is 0 Å². The fourth-order valence-corrected chi connectivity index (χ4v) is 5.34. The summed E-state index contributed by atoms with van der Waals surface area (Å²) in [6.45, 7) is 6.82. The number of likely N-dealkylation sites (N-methyl/N-ethyl adjacent to an activating group) is 1. The Morgan fingerprint density at radius 2 is 1.64 bits per heavy atom. The number of nitrogens with one attached hydrogen (secondary N) is 1. The van der Waals surface area contributed by atoms with E-state index in [9.17, 15) is 14.9 Å². The van der Waals surface area contributed by atoms with Gasteiger partial charge in [0.25, 0.3) is 0 Å². The minimum absolute atomic E-state index is 0.145. The molecule has 42 heavy (non-hydrogen) atoms. The van der Waals surface area contributed by atoms with Crippen LogP contribution in [-0.4, -0.2) is 68.2 Å². The zero-order valence-corrected chi connectivity index (χ0v) is 24.1. The van der Waals surface area contributed by atoms with Crippen LogP contribution in [-0.2, 0) is 12.5 Å². The van der Waals surface area contributed by atoms with E-state index in [0.717, 1.165) is 46.2 Å². The van der Waals surface area contributed by atoms with E-state index in [0.29, 0.717) is 30.1 Å². The molecule has 212 valence electrons. The third kappa shape index (κ3) is 4.78. The summed E-state index contributed by atoms with van der Waals surface area (Å²) in [5, 5.41) is 13.3. The molecule has 5 aromatic rings. The van der Waals surface area contributed by atoms with Crippen LogP contribution in [0.15, 0.2) is 71.8 Å². The van der Waals surface area contributed by atoms with Crippen molar-refractivity contribution in [2.75, 3.05) is 38.5 Å². The molecule has 10 nitrogen and oxygen atoms in total. The van der Waals surface area contributed by atoms with Crippen LogP contribution in [0.3, 0.4) is 0 Å². The summed E-state index contributed by atoms with van der Waals surface area (Å²) in [7, 11) is 3.79. The molecule has 6 rings (SSSR count). The minimum Gasteiger partial charge on any atom is -0.322 e. The number of piperazine rings is 1. The third-order valence-electron chi connectivity index (χ3n) is 8.13. The first-order valence-electron chi connectivity index (χ1n) is 13.9. The predicted molar refractivity (Wildman–Crippen MR) is 164 cm³/mol. The second kappa shape index (κ2) is 10.4. The normalized spacial score (nSPS) is 14.3. The summed E-state index contributed by atoms with van der Waals surface area (Å²) in [6.07, 6.45) is 3.46. The van der Waals surface area contributed by atoms with Crippen LogP contribution in [0.5, 0.6) is 0 Å². The number of nitriles is 1. The Balaban J connectivity index is 1.36. The lowest BCUT2D eigenvalue weighted by Crippen LogP contribution is -2.48. The topological polar surface area (TPSA) is 112 Å². The minimum atomic E-state index is -0.634. The molecule has 1 saturated heterocycles. The number of hydrogen-bond acceptors (Lipinski definition) is 6. The number of anilines is 1. The molecule has 1 aliphatic heterocycles. The quantitative estimate of drug-likeness (QED) is 0.346. The van der Waals surface area contributed by atoms with E-state index < -0.39 is 5.41 Å². The van der Waals surface area contributed by atoms with Gasteiger partial charge < -0.3 is 9.80 Å². The third-order valence-corrected chi connectivity index (χ3v) is 8.13. The molecule has 1 fully saturated rings. The first-order valence-corrected chi connectivity index (χ1v) is 13.9. The lowest BCUT2D eigenvalue weighted by atomic mass is 9.86. The van der Waals surface area contributed by atoms with Crippen molar-refractivity contribution in [1.29, 1.82) is 5.26 Å². The van der Waals surface area contributed by atoms with Gasteiger partial charge in [0.05, 0.1) is 39.9 Å². The number of rotatable bonds is 4. The van der Waals surface area contributed by atoms with Crippen LogP contribution < -0.4 is 11.0 Å². The van der Waals surface area contributed by atoms with Crippen molar-refractivity contribution in [2.45, 2.75) is 19.3 Å². The van der Waals surface area contributed by atoms with Gasteiger partial charge in [0.2, 0.25) is 0 Å². The van der Waals surface area contributed by atoms with E-state index >= 15 is 0 Å². The molecule has 3 aromatic heterocycles. The Hall–Kier alpha value is -5.01. The molecule has 2 aromatic carbocycles. The smallest absolute Gasteiger partial charge is 0.322 e. The van der Waals surface area contributed by atoms with Crippen LogP contribution in [0.4, 0.5) is 10.6 Å². The number of nitrogens with zero attached hydrogens (tertiary/aromatic N) is 7. The molecular weight excluding hydrogens is 528 g/mol. The average molecular weight is 561 g/mol. The van der Waals surface area contributed by atoms with Gasteiger partial charge in [-0.1, -0.05) is 18.2 Å². The van der Waals surface area contributed by atoms with Gasteiger partial charge in [-0.15, -0.1) is 0 Å². The number of carbonyl (C=O) groups excluding carboxylic acids is 1. The first-order chi connectivity index (χ1) is 20.2. The summed E-state index contributed by atoms with van der Waals surface area (Å²) in [4.78, 5) is 39.3. The Bertz CT molecular complexity index is 1910. The van der Waals surface area contributed by atoms with Crippen LogP contribution in [0.2, 0.25) is 0 Å². The highest BCUT2D eigenvalue weighted by atomic mass is 16.2. The Kier molecular flexibility index (Phi) is 6.75. The largest absolute Gasteiger partial charge is 0.333 e. The maximum absolute atomic E-state index is 13.5. The van der Waals surface area contributed by atoms with Crippen LogP contribution in [0.25, 0.3) is 38.8 Å². The van der Waals surface area contributed by atoms with Crippen LogP contribution in [0, 0.1) is 11.3 Å². The molecule has 0 radical (unpaired) electrons. The summed E-state index contributed by atoms with van der Waals surface area (Å²) >= 11 is 0. The van der Waals surface area contributed by atoms with Crippen LogP contribution >= 0.6 is 0 Å². The number of fused-ring (bicyclic) bond motifs is 3. The maximum atomic E-state index is 13.5. The van der Waals surface area contributed by atoms with Crippen molar-refractivity contribution in [2.24, 2.45) is 7.05 Å². The van der Waals surface area contributed by atoms with Crippen molar-refractivity contribution in [3.8, 4) is 22.9 Å². The van der Waals surface area contributed by atoms with Crippen molar-refractivity contribution >= 4 is 33.8 Å². The SMILES string of the molecule is CN1CCN(C(=O)Nc2ccc(-c3ccc4ncc5c(c4c3)n(-c3ccc(C(C)(C)C#N)cc3)c(=O)n5C)cn2)CC1. The number of aryl methyl sites for hydroxylation is 1. The van der Waals surface area contributed by atoms with Gasteiger partial charge in [0.1, 0.15) is 5.82 Å². The average Bonchev–Trinajstić information content (AvgIpc) is 3.27. The van der Waals surface area contributed by atoms with Crippen molar-refractivity contribution in [3.63, 3.8) is 0 Å². The number of urea groups is 1. The second-order valence-electron chi connectivity index (χ2n) is 11.3. The summed E-state index contributed by atoms with van der Waals surface area (Å²) in [6, 6.07) is 19.4. The highest BCUT2D eigenvalue weighted by Gasteiger charge is 2.22. The highest BCUT2D eigenvalue weighted by molar-refractivity contribution is 6.04. The van der Waals surface area contributed by atoms with Crippen molar-refractivity contribution in [1.82, 2.24) is 28.9 Å². The van der Waals surface area contributed by atoms with Gasteiger partial charge in [-0.3, -0.25) is 19.4 Å². The molecule has 0 unspecified atom stereocenters. The van der Waals surface area contributed by atoms with E-state index in [1.54, 1.807) is 39.5 Å². The first kappa shape index (κ1) is 27.2. The molecule has 0 bridgehead atoms. The lowest BCUT2D eigenvalue weighted by molar-refractivity contribution is 0.164. The van der Waals surface area contributed by atoms with Gasteiger partial charge in [0.15, 0.2) is 0 Å². The zero-order valence-electron chi connectivity index (χ0n) is 24.1. The van der Waals surface area contributed by atoms with E-state index in [-0.39, 0.29) is 11.7 Å². The summed E-state index contributed by atoms with van der Waals surface area (Å²) in [5.41, 5.74) is 4.79. The van der Waals surface area contributed by atoms with Gasteiger partial charge in [-0.2, -0.15) is 5.26 Å². The summed E-state index contributed by atoms with van der Waals surface area (Å²) in [5.74, 6) is 0.493. The molecule has 0 atom stereocenters. The fraction of sp³-hybridized carbons (Fsp3) is 0.281. The molecule has 2 amide bonds. The number of carbonyl (C=O) groups is 1. The lowest BCUT2D eigenvalue weighted by Gasteiger charge is -2.32. The standard InChI is InChI=1S/C32H32N8O2/c1-32(2,20-33)23-7-9-24(10-8-23)40-29-25-17-21(5-11-26(25)34-19-27(29)38(4)31(40)42)22-6-12-28(35-18-22)36-30(41)39-15-13-37(3)14-16-39/h5-12,17-19H,13-16H2,1-4H3,(H,35,36,41). The van der Waals surface area contributed by atoms with Gasteiger partial charge >= 0.3 is 11.7 Å². The molecule has 0 saturated carbocycles. The summed E-state index contributed by atoms with van der Waals surface area (Å²) < 4.78 is 3.29. The highest BCUT2D eigenvalue weighted by Crippen LogP contribution is 2.31. The zero-order chi connectivity index (χ0) is 29.6. The number of benzene rings is 2. The van der Waals surface area contributed by atoms with Gasteiger partial charge in [-0.25, -0.2) is 14.6 Å². The maximum Gasteiger partial charge on any atom is 0.333 e. The fourth-order valence-electron chi connectivity index (χ4n) is 5.34. The number of aromatic nitrogens is 4.